The molecule has 0 radical (unpaired) electrons. The van der Waals surface area contributed by atoms with Gasteiger partial charge in [0.15, 0.2) is 0 Å². The maximum absolute atomic E-state index is 10.7. The van der Waals surface area contributed by atoms with Crippen LogP contribution in [0.1, 0.15) is 12.5 Å². The van der Waals surface area contributed by atoms with Gasteiger partial charge in [0.25, 0.3) is 5.69 Å². The minimum Gasteiger partial charge on any atom is -0.377 e. The molecule has 0 heterocycles. The van der Waals surface area contributed by atoms with Gasteiger partial charge in [-0.3, -0.25) is 16.0 Å². The van der Waals surface area contributed by atoms with E-state index in [9.17, 15) is 10.1 Å². The lowest BCUT2D eigenvalue weighted by molar-refractivity contribution is -0.384. The predicted molar refractivity (Wildman–Crippen MR) is 56.2 cm³/mol. The minimum absolute atomic E-state index is 0.0466. The van der Waals surface area contributed by atoms with Gasteiger partial charge >= 0.3 is 0 Å². The van der Waals surface area contributed by atoms with Crippen LogP contribution in [0.15, 0.2) is 18.2 Å². The molecule has 1 aromatic rings. The maximum atomic E-state index is 10.7. The molecule has 1 rings (SSSR count). The van der Waals surface area contributed by atoms with Crippen LogP contribution in [0.4, 0.5) is 11.4 Å². The van der Waals surface area contributed by atoms with Crippen molar-refractivity contribution < 1.29 is 9.66 Å². The van der Waals surface area contributed by atoms with Gasteiger partial charge in [-0.1, -0.05) is 6.07 Å². The van der Waals surface area contributed by atoms with Crippen LogP contribution in [0.2, 0.25) is 0 Å². The normalized spacial score (nSPS) is 10.0. The van der Waals surface area contributed by atoms with Crippen LogP contribution in [-0.4, -0.2) is 11.5 Å². The zero-order valence-electron chi connectivity index (χ0n) is 8.40. The molecule has 6 nitrogen and oxygen atoms in total. The molecule has 0 spiro atoms. The lowest BCUT2D eigenvalue weighted by Crippen LogP contribution is -2.09. The van der Waals surface area contributed by atoms with Crippen molar-refractivity contribution in [2.45, 2.75) is 13.5 Å². The van der Waals surface area contributed by atoms with Crippen molar-refractivity contribution >= 4 is 11.4 Å². The van der Waals surface area contributed by atoms with Crippen LogP contribution >= 0.6 is 0 Å². The highest BCUT2D eigenvalue weighted by molar-refractivity contribution is 5.61. The standard InChI is InChI=1S/C9H13N3O3/c1-2-15-6-7-3-4-8(11-10)9(5-7)12(13)14/h3-5,11H,2,6,10H2,1H3. The molecule has 0 fully saturated rings. The number of hydrogen-bond donors (Lipinski definition) is 2. The van der Waals surface area contributed by atoms with Gasteiger partial charge in [0.2, 0.25) is 0 Å². The number of anilines is 1. The number of benzene rings is 1. The fraction of sp³-hybridized carbons (Fsp3) is 0.333. The summed E-state index contributed by atoms with van der Waals surface area (Å²) in [5.41, 5.74) is 3.28. The molecule has 3 N–H and O–H groups in total. The summed E-state index contributed by atoms with van der Waals surface area (Å²) < 4.78 is 5.15. The fourth-order valence-electron chi connectivity index (χ4n) is 1.16. The van der Waals surface area contributed by atoms with E-state index in [0.717, 1.165) is 5.56 Å². The number of nitrogens with one attached hydrogen (secondary N) is 1. The molecule has 15 heavy (non-hydrogen) atoms. The molecule has 0 aliphatic heterocycles. The van der Waals surface area contributed by atoms with Gasteiger partial charge in [-0.15, -0.1) is 0 Å². The van der Waals surface area contributed by atoms with E-state index >= 15 is 0 Å². The molecule has 0 amide bonds. The third kappa shape index (κ3) is 2.90. The second kappa shape index (κ2) is 5.28. The molecule has 0 bridgehead atoms. The zero-order chi connectivity index (χ0) is 11.3. The molecule has 1 aromatic carbocycles. The first-order valence-electron chi connectivity index (χ1n) is 4.50. The second-order valence-corrected chi connectivity index (χ2v) is 2.89. The molecular weight excluding hydrogens is 198 g/mol. The number of nitrogen functional groups attached to an aromatic ring is 1. The first kappa shape index (κ1) is 11.4. The monoisotopic (exact) mass is 211 g/mol. The second-order valence-electron chi connectivity index (χ2n) is 2.89. The highest BCUT2D eigenvalue weighted by atomic mass is 16.6. The molecule has 0 unspecified atom stereocenters. The first-order chi connectivity index (χ1) is 7.19. The van der Waals surface area contributed by atoms with Crippen LogP contribution in [0.5, 0.6) is 0 Å². The van der Waals surface area contributed by atoms with E-state index in [2.05, 4.69) is 5.43 Å². The Bertz CT molecular complexity index is 354. The summed E-state index contributed by atoms with van der Waals surface area (Å²) in [5, 5.41) is 10.7. The van der Waals surface area contributed by atoms with Gasteiger partial charge in [0, 0.05) is 12.7 Å². The zero-order valence-corrected chi connectivity index (χ0v) is 8.40. The molecule has 0 aromatic heterocycles. The molecule has 0 aliphatic rings. The van der Waals surface area contributed by atoms with Crippen LogP contribution in [0.3, 0.4) is 0 Å². The van der Waals surface area contributed by atoms with Crippen molar-refractivity contribution in [3.8, 4) is 0 Å². The van der Waals surface area contributed by atoms with E-state index in [0.29, 0.717) is 18.9 Å². The highest BCUT2D eigenvalue weighted by Crippen LogP contribution is 2.24. The van der Waals surface area contributed by atoms with Crippen molar-refractivity contribution in [2.24, 2.45) is 5.84 Å². The van der Waals surface area contributed by atoms with Gasteiger partial charge in [-0.25, -0.2) is 0 Å². The van der Waals surface area contributed by atoms with Gasteiger partial charge in [-0.05, 0) is 18.6 Å². The molecule has 82 valence electrons. The number of rotatable bonds is 5. The van der Waals surface area contributed by atoms with Crippen molar-refractivity contribution in [1.82, 2.24) is 0 Å². The Hall–Kier alpha value is -1.66. The highest BCUT2D eigenvalue weighted by Gasteiger charge is 2.13. The Morgan fingerprint density at radius 2 is 2.33 bits per heavy atom. The Labute approximate surface area is 87.2 Å². The van der Waals surface area contributed by atoms with E-state index in [1.165, 1.54) is 6.07 Å². The molecule has 0 saturated carbocycles. The molecule has 0 saturated heterocycles. The summed E-state index contributed by atoms with van der Waals surface area (Å²) >= 11 is 0. The lowest BCUT2D eigenvalue weighted by Gasteiger charge is -2.05. The number of nitrogens with zero attached hydrogens (tertiary/aromatic N) is 1. The van der Waals surface area contributed by atoms with Gasteiger partial charge in [0.05, 0.1) is 11.5 Å². The van der Waals surface area contributed by atoms with E-state index in [4.69, 9.17) is 10.6 Å². The van der Waals surface area contributed by atoms with Crippen molar-refractivity contribution in [3.63, 3.8) is 0 Å². The van der Waals surface area contributed by atoms with Crippen molar-refractivity contribution in [3.05, 3.63) is 33.9 Å². The number of nitro benzene ring substituents is 1. The minimum atomic E-state index is -0.482. The summed E-state index contributed by atoms with van der Waals surface area (Å²) in [6, 6.07) is 4.75. The number of ether oxygens (including phenoxy) is 1. The van der Waals surface area contributed by atoms with Crippen molar-refractivity contribution in [2.75, 3.05) is 12.0 Å². The quantitative estimate of drug-likeness (QED) is 0.436. The summed E-state index contributed by atoms with van der Waals surface area (Å²) in [4.78, 5) is 10.2. The average molecular weight is 211 g/mol. The summed E-state index contributed by atoms with van der Waals surface area (Å²) in [6.07, 6.45) is 0. The summed E-state index contributed by atoms with van der Waals surface area (Å²) in [6.45, 7) is 2.80. The lowest BCUT2D eigenvalue weighted by atomic mass is 10.2. The van der Waals surface area contributed by atoms with Gasteiger partial charge < -0.3 is 10.2 Å². The largest absolute Gasteiger partial charge is 0.377 e. The fourth-order valence-corrected chi connectivity index (χ4v) is 1.16. The van der Waals surface area contributed by atoms with Gasteiger partial charge in [0.1, 0.15) is 5.69 Å². The molecule has 6 heteroatoms. The Morgan fingerprint density at radius 3 is 2.87 bits per heavy atom. The third-order valence-electron chi connectivity index (χ3n) is 1.89. The van der Waals surface area contributed by atoms with Crippen LogP contribution in [-0.2, 0) is 11.3 Å². The van der Waals surface area contributed by atoms with Crippen LogP contribution in [0.25, 0.3) is 0 Å². The summed E-state index contributed by atoms with van der Waals surface area (Å²) in [7, 11) is 0. The third-order valence-corrected chi connectivity index (χ3v) is 1.89. The first-order valence-corrected chi connectivity index (χ1v) is 4.50. The number of hydrogen-bond acceptors (Lipinski definition) is 5. The van der Waals surface area contributed by atoms with Gasteiger partial charge in [-0.2, -0.15) is 0 Å². The molecular formula is C9H13N3O3. The smallest absolute Gasteiger partial charge is 0.294 e. The van der Waals surface area contributed by atoms with Crippen LogP contribution in [0, 0.1) is 10.1 Å². The SMILES string of the molecule is CCOCc1ccc(NN)c([N+](=O)[O-])c1. The Morgan fingerprint density at radius 1 is 1.60 bits per heavy atom. The summed E-state index contributed by atoms with van der Waals surface area (Å²) in [5.74, 6) is 5.15. The number of nitro groups is 1. The van der Waals surface area contributed by atoms with E-state index in [1.54, 1.807) is 12.1 Å². The predicted octanol–water partition coefficient (Wildman–Crippen LogP) is 1.42. The Balaban J connectivity index is 2.94. The maximum Gasteiger partial charge on any atom is 0.294 e. The Kier molecular flexibility index (Phi) is 4.02. The number of hydrazine groups is 1. The average Bonchev–Trinajstić information content (AvgIpc) is 2.25. The van der Waals surface area contributed by atoms with Crippen LogP contribution < -0.4 is 11.3 Å². The van der Waals surface area contributed by atoms with Crippen molar-refractivity contribution in [1.29, 1.82) is 0 Å². The molecule has 0 atom stereocenters. The van der Waals surface area contributed by atoms with E-state index in [1.807, 2.05) is 6.92 Å². The number of nitrogens with two attached hydrogens (primary N) is 1. The molecule has 0 aliphatic carbocycles. The topological polar surface area (TPSA) is 90.4 Å². The van der Waals surface area contributed by atoms with E-state index < -0.39 is 4.92 Å². The van der Waals surface area contributed by atoms with E-state index in [-0.39, 0.29) is 5.69 Å².